The number of nitrogens with zero attached hydrogens (tertiary/aromatic N) is 3. The van der Waals surface area contributed by atoms with E-state index in [4.69, 9.17) is 0 Å². The van der Waals surface area contributed by atoms with Crippen LogP contribution in [0.2, 0.25) is 0 Å². The van der Waals surface area contributed by atoms with Gasteiger partial charge in [0.15, 0.2) is 0 Å². The molecule has 1 aromatic rings. The van der Waals surface area contributed by atoms with Crippen LogP contribution in [0.4, 0.5) is 13.2 Å². The number of amides is 1. The van der Waals surface area contributed by atoms with Crippen LogP contribution in [0.5, 0.6) is 0 Å². The molecule has 4 fully saturated rings. The van der Waals surface area contributed by atoms with E-state index in [1.807, 2.05) is 0 Å². The van der Waals surface area contributed by atoms with Gasteiger partial charge in [0.25, 0.3) is 0 Å². The Morgan fingerprint density at radius 3 is 2.16 bits per heavy atom. The first-order valence-electron chi connectivity index (χ1n) is 13.5. The maximum atomic E-state index is 14.1. The lowest BCUT2D eigenvalue weighted by molar-refractivity contribution is -0.172. The van der Waals surface area contributed by atoms with Gasteiger partial charge in [0.2, 0.25) is 15.9 Å². The molecule has 4 saturated heterocycles. The summed E-state index contributed by atoms with van der Waals surface area (Å²) < 4.78 is 69.7. The summed E-state index contributed by atoms with van der Waals surface area (Å²) in [6, 6.07) is 6.04. The molecule has 1 amide bonds. The minimum Gasteiger partial charge on any atom is -0.342 e. The molecule has 0 aromatic heterocycles. The predicted octanol–water partition coefficient (Wildman–Crippen LogP) is 3.49. The highest BCUT2D eigenvalue weighted by atomic mass is 32.2. The lowest BCUT2D eigenvalue weighted by atomic mass is 9.74. The summed E-state index contributed by atoms with van der Waals surface area (Å²) in [4.78, 5) is 15.4. The molecular weight excluding hydrogens is 505 g/mol. The van der Waals surface area contributed by atoms with Crippen LogP contribution >= 0.6 is 0 Å². The third-order valence-electron chi connectivity index (χ3n) is 9.04. The average molecular weight is 543 g/mol. The summed E-state index contributed by atoms with van der Waals surface area (Å²) in [5.41, 5.74) is 2.65. The molecule has 37 heavy (non-hydrogen) atoms. The van der Waals surface area contributed by atoms with Gasteiger partial charge in [-0.05, 0) is 68.4 Å². The van der Waals surface area contributed by atoms with Gasteiger partial charge in [-0.25, -0.2) is 18.9 Å². The second-order valence-corrected chi connectivity index (χ2v) is 13.2. The van der Waals surface area contributed by atoms with Crippen molar-refractivity contribution in [2.75, 3.05) is 32.7 Å². The third-order valence-corrected chi connectivity index (χ3v) is 11.0. The van der Waals surface area contributed by atoms with Gasteiger partial charge in [-0.2, -0.15) is 17.5 Å². The van der Waals surface area contributed by atoms with Crippen LogP contribution in [-0.2, 0) is 14.8 Å². The van der Waals surface area contributed by atoms with E-state index in [0.29, 0.717) is 57.9 Å². The number of carbonyl (C=O) groups is 1. The zero-order valence-electron chi connectivity index (χ0n) is 21.2. The van der Waals surface area contributed by atoms with Gasteiger partial charge in [-0.3, -0.25) is 4.79 Å². The Morgan fingerprint density at radius 1 is 0.919 bits per heavy atom. The quantitative estimate of drug-likeness (QED) is 0.631. The Hall–Kier alpha value is -1.69. The van der Waals surface area contributed by atoms with Crippen molar-refractivity contribution < 1.29 is 26.4 Å². The van der Waals surface area contributed by atoms with E-state index in [1.54, 1.807) is 40.2 Å². The number of piperidine rings is 3. The summed E-state index contributed by atoms with van der Waals surface area (Å²) >= 11 is 0. The second-order valence-electron chi connectivity index (χ2n) is 11.3. The molecule has 4 aliphatic heterocycles. The zero-order chi connectivity index (χ0) is 26.4. The van der Waals surface area contributed by atoms with Gasteiger partial charge < -0.3 is 4.90 Å². The summed E-state index contributed by atoms with van der Waals surface area (Å²) in [5, 5.41) is 1.67. The third kappa shape index (κ3) is 5.42. The van der Waals surface area contributed by atoms with Gasteiger partial charge in [-0.1, -0.05) is 25.1 Å². The van der Waals surface area contributed by atoms with Gasteiger partial charge in [0.05, 0.1) is 10.8 Å². The molecule has 0 radical (unpaired) electrons. The normalized spacial score (nSPS) is 31.4. The van der Waals surface area contributed by atoms with Gasteiger partial charge >= 0.3 is 6.18 Å². The number of alkyl halides is 3. The molecule has 0 spiro atoms. The highest BCUT2D eigenvalue weighted by Crippen LogP contribution is 2.43. The molecule has 4 atom stereocenters. The van der Waals surface area contributed by atoms with Crippen molar-refractivity contribution >= 4 is 15.9 Å². The highest BCUT2D eigenvalue weighted by molar-refractivity contribution is 7.89. The minimum absolute atomic E-state index is 0.174. The van der Waals surface area contributed by atoms with Crippen LogP contribution in [0, 0.1) is 23.7 Å². The number of likely N-dealkylation sites (tertiary alicyclic amines) is 1. The Balaban J connectivity index is 1.26. The number of hydrazine groups is 1. The summed E-state index contributed by atoms with van der Waals surface area (Å²) in [6.45, 7) is 4.43. The number of hydrogen-bond donors (Lipinski definition) is 1. The van der Waals surface area contributed by atoms with Crippen molar-refractivity contribution in [1.82, 2.24) is 19.6 Å². The highest BCUT2D eigenvalue weighted by Gasteiger charge is 2.59. The first kappa shape index (κ1) is 26.9. The zero-order valence-corrected chi connectivity index (χ0v) is 22.1. The molecule has 4 aliphatic rings. The lowest BCUT2D eigenvalue weighted by Gasteiger charge is -2.42. The van der Waals surface area contributed by atoms with Gasteiger partial charge in [-0.15, -0.1) is 0 Å². The van der Waals surface area contributed by atoms with Crippen LogP contribution < -0.4 is 5.43 Å². The van der Waals surface area contributed by atoms with Crippen LogP contribution in [0.3, 0.4) is 0 Å². The molecule has 4 unspecified atom stereocenters. The van der Waals surface area contributed by atoms with E-state index in [9.17, 15) is 26.4 Å². The maximum Gasteiger partial charge on any atom is 0.406 e. The van der Waals surface area contributed by atoms with Gasteiger partial charge in [0, 0.05) is 38.8 Å². The van der Waals surface area contributed by atoms with E-state index in [0.717, 1.165) is 19.3 Å². The molecule has 0 aliphatic carbocycles. The first-order valence-corrected chi connectivity index (χ1v) is 14.9. The number of sulfonamides is 1. The molecule has 5 rings (SSSR count). The number of carbonyl (C=O) groups excluding carboxylic acids is 1. The van der Waals surface area contributed by atoms with E-state index < -0.39 is 34.2 Å². The fraction of sp³-hybridized carbons (Fsp3) is 0.731. The summed E-state index contributed by atoms with van der Waals surface area (Å²) in [5.74, 6) is -0.626. The van der Waals surface area contributed by atoms with Crippen LogP contribution in [0.15, 0.2) is 35.2 Å². The van der Waals surface area contributed by atoms with Crippen molar-refractivity contribution in [3.8, 4) is 0 Å². The number of fused-ring (bicyclic) bond motifs is 1. The largest absolute Gasteiger partial charge is 0.406 e. The Morgan fingerprint density at radius 2 is 1.54 bits per heavy atom. The van der Waals surface area contributed by atoms with Crippen molar-refractivity contribution in [2.24, 2.45) is 23.7 Å². The Kier molecular flexibility index (Phi) is 7.61. The minimum atomic E-state index is -4.51. The molecule has 1 aromatic carbocycles. The first-order chi connectivity index (χ1) is 17.6. The van der Waals surface area contributed by atoms with E-state index in [1.165, 1.54) is 4.31 Å². The number of halogens is 3. The smallest absolute Gasteiger partial charge is 0.342 e. The predicted molar refractivity (Wildman–Crippen MR) is 133 cm³/mol. The summed E-state index contributed by atoms with van der Waals surface area (Å²) in [6.07, 6.45) is -0.228. The standard InChI is InChI=1S/C26H37F3N4O3S/c1-18-7-12-31(13-8-18)25(34)23-22-17-20(11-16-33(22)30-24(23)26(27,28)29)19-9-14-32(15-10-19)37(35,36)21-5-3-2-4-6-21/h2-6,18-20,22-24,30H,7-17H2,1H3. The fourth-order valence-electron chi connectivity index (χ4n) is 6.79. The SMILES string of the molecule is CC1CCN(C(=O)C2C3CC(C4CCN(S(=O)(=O)c5ccccc5)CC4)CCN3NC2C(F)(F)F)CC1. The Labute approximate surface area is 217 Å². The number of nitrogens with one attached hydrogen (secondary N) is 1. The summed E-state index contributed by atoms with van der Waals surface area (Å²) in [7, 11) is -3.55. The van der Waals surface area contributed by atoms with E-state index in [-0.39, 0.29) is 22.6 Å². The van der Waals surface area contributed by atoms with Gasteiger partial charge in [0.1, 0.15) is 6.04 Å². The molecule has 11 heteroatoms. The molecule has 0 bridgehead atoms. The van der Waals surface area contributed by atoms with E-state index in [2.05, 4.69) is 12.3 Å². The maximum absolute atomic E-state index is 14.1. The average Bonchev–Trinajstić information content (AvgIpc) is 3.29. The lowest BCUT2D eigenvalue weighted by Crippen LogP contribution is -2.52. The number of hydrogen-bond acceptors (Lipinski definition) is 5. The van der Waals surface area contributed by atoms with Crippen LogP contribution in [0.1, 0.15) is 45.4 Å². The topological polar surface area (TPSA) is 73.0 Å². The molecule has 206 valence electrons. The fourth-order valence-corrected chi connectivity index (χ4v) is 8.28. The van der Waals surface area contributed by atoms with Crippen LogP contribution in [0.25, 0.3) is 0 Å². The van der Waals surface area contributed by atoms with Crippen molar-refractivity contribution in [2.45, 2.75) is 68.6 Å². The molecule has 0 saturated carbocycles. The van der Waals surface area contributed by atoms with Crippen LogP contribution in [-0.4, -0.2) is 79.5 Å². The molecule has 1 N–H and O–H groups in total. The Bertz CT molecular complexity index is 1050. The molecule has 7 nitrogen and oxygen atoms in total. The van der Waals surface area contributed by atoms with Crippen molar-refractivity contribution in [1.29, 1.82) is 0 Å². The second kappa shape index (κ2) is 10.5. The number of rotatable bonds is 4. The number of benzene rings is 1. The monoisotopic (exact) mass is 542 g/mol. The van der Waals surface area contributed by atoms with E-state index >= 15 is 0 Å². The van der Waals surface area contributed by atoms with Crippen molar-refractivity contribution in [3.63, 3.8) is 0 Å². The molecule has 4 heterocycles. The molecular formula is C26H37F3N4O3S. The van der Waals surface area contributed by atoms with Crippen molar-refractivity contribution in [3.05, 3.63) is 30.3 Å².